The molecule has 0 fully saturated rings. The van der Waals surface area contributed by atoms with Crippen molar-refractivity contribution in [3.05, 3.63) is 29.8 Å². The third kappa shape index (κ3) is 3.92. The fourth-order valence-electron chi connectivity index (χ4n) is 1.35. The molecule has 16 heavy (non-hydrogen) atoms. The van der Waals surface area contributed by atoms with Crippen LogP contribution in [0.3, 0.4) is 0 Å². The summed E-state index contributed by atoms with van der Waals surface area (Å²) in [6.45, 7) is 2.80. The van der Waals surface area contributed by atoms with E-state index in [9.17, 15) is 5.11 Å². The molecule has 0 aliphatic carbocycles. The average Bonchev–Trinajstić information content (AvgIpc) is 2.30. The summed E-state index contributed by atoms with van der Waals surface area (Å²) in [6.07, 6.45) is 1.50. The molecule has 0 bridgehead atoms. The van der Waals surface area contributed by atoms with Crippen molar-refractivity contribution in [2.24, 2.45) is 0 Å². The Kier molecular flexibility index (Phi) is 5.38. The number of benzene rings is 1. The van der Waals surface area contributed by atoms with E-state index < -0.39 is 6.10 Å². The number of nitriles is 1. The Morgan fingerprint density at radius 3 is 3.00 bits per heavy atom. The lowest BCUT2D eigenvalue weighted by atomic mass is 10.1. The number of ether oxygens (including phenoxy) is 1. The molecule has 1 rings (SSSR count). The first-order valence-corrected chi connectivity index (χ1v) is 5.55. The maximum Gasteiger partial charge on any atom is 0.119 e. The van der Waals surface area contributed by atoms with E-state index in [0.717, 1.165) is 24.2 Å². The second-order valence-corrected chi connectivity index (χ2v) is 3.65. The summed E-state index contributed by atoms with van der Waals surface area (Å²) in [6, 6.07) is 9.23. The monoisotopic (exact) mass is 219 g/mol. The van der Waals surface area contributed by atoms with E-state index in [2.05, 4.69) is 6.92 Å². The molecule has 1 atom stereocenters. The van der Waals surface area contributed by atoms with Crippen molar-refractivity contribution < 1.29 is 9.84 Å². The average molecular weight is 219 g/mol. The van der Waals surface area contributed by atoms with Gasteiger partial charge in [0.25, 0.3) is 0 Å². The molecular formula is C13H17NO2. The molecule has 0 saturated heterocycles. The van der Waals surface area contributed by atoms with Crippen molar-refractivity contribution >= 4 is 0 Å². The normalized spacial score (nSPS) is 11.8. The van der Waals surface area contributed by atoms with Crippen molar-refractivity contribution in [1.29, 1.82) is 5.26 Å². The fraction of sp³-hybridized carbons (Fsp3) is 0.462. The minimum atomic E-state index is -0.722. The molecular weight excluding hydrogens is 202 g/mol. The molecule has 86 valence electrons. The summed E-state index contributed by atoms with van der Waals surface area (Å²) in [5, 5.41) is 18.1. The lowest BCUT2D eigenvalue weighted by molar-refractivity contribution is 0.182. The van der Waals surface area contributed by atoms with Crippen LogP contribution in [0.5, 0.6) is 5.75 Å². The minimum absolute atomic E-state index is 0.110. The Morgan fingerprint density at radius 2 is 2.31 bits per heavy atom. The van der Waals surface area contributed by atoms with Gasteiger partial charge in [-0.25, -0.2) is 0 Å². The Morgan fingerprint density at radius 1 is 1.50 bits per heavy atom. The molecule has 1 aromatic rings. The minimum Gasteiger partial charge on any atom is -0.494 e. The van der Waals surface area contributed by atoms with Crippen LogP contribution in [0.1, 0.15) is 37.9 Å². The highest BCUT2D eigenvalue weighted by molar-refractivity contribution is 5.30. The topological polar surface area (TPSA) is 53.2 Å². The zero-order valence-corrected chi connectivity index (χ0v) is 9.52. The van der Waals surface area contributed by atoms with E-state index in [0.29, 0.717) is 6.61 Å². The second kappa shape index (κ2) is 6.86. The predicted molar refractivity (Wildman–Crippen MR) is 62.0 cm³/mol. The molecule has 0 aromatic heterocycles. The van der Waals surface area contributed by atoms with E-state index in [1.54, 1.807) is 12.1 Å². The van der Waals surface area contributed by atoms with Gasteiger partial charge in [0.2, 0.25) is 0 Å². The van der Waals surface area contributed by atoms with Gasteiger partial charge in [-0.15, -0.1) is 0 Å². The molecule has 0 aliphatic heterocycles. The van der Waals surface area contributed by atoms with Gasteiger partial charge in [-0.3, -0.25) is 0 Å². The Bertz CT molecular complexity index is 357. The van der Waals surface area contributed by atoms with E-state index >= 15 is 0 Å². The molecule has 0 saturated carbocycles. The first-order valence-electron chi connectivity index (χ1n) is 5.55. The second-order valence-electron chi connectivity index (χ2n) is 3.65. The number of hydrogen-bond donors (Lipinski definition) is 1. The summed E-state index contributed by atoms with van der Waals surface area (Å²) in [4.78, 5) is 0. The Balaban J connectivity index is 2.60. The molecule has 0 radical (unpaired) electrons. The summed E-state index contributed by atoms with van der Waals surface area (Å²) in [5.74, 6) is 0.753. The SMILES string of the molecule is CCCCOc1cccc([C@H](O)CC#N)c1. The van der Waals surface area contributed by atoms with Gasteiger partial charge in [-0.1, -0.05) is 25.5 Å². The lowest BCUT2D eigenvalue weighted by Crippen LogP contribution is -1.99. The standard InChI is InChI=1S/C13H17NO2/c1-2-3-9-16-12-6-4-5-11(10-12)13(15)7-8-14/h4-6,10,13,15H,2-3,7,9H2,1H3/t13-/m1/s1. The Hall–Kier alpha value is -1.53. The van der Waals surface area contributed by atoms with Crippen LogP contribution < -0.4 is 4.74 Å². The summed E-state index contributed by atoms with van der Waals surface area (Å²) in [7, 11) is 0. The molecule has 0 aliphatic rings. The highest BCUT2D eigenvalue weighted by atomic mass is 16.5. The van der Waals surface area contributed by atoms with Crippen LogP contribution in [0.15, 0.2) is 24.3 Å². The molecule has 0 amide bonds. The van der Waals surface area contributed by atoms with Crippen LogP contribution in [-0.4, -0.2) is 11.7 Å². The van der Waals surface area contributed by atoms with E-state index in [4.69, 9.17) is 10.00 Å². The van der Waals surface area contributed by atoms with Gasteiger partial charge in [0.05, 0.1) is 25.2 Å². The summed E-state index contributed by atoms with van der Waals surface area (Å²) in [5.41, 5.74) is 0.732. The van der Waals surface area contributed by atoms with Crippen LogP contribution in [-0.2, 0) is 0 Å². The maximum atomic E-state index is 9.64. The predicted octanol–water partition coefficient (Wildman–Crippen LogP) is 2.81. The van der Waals surface area contributed by atoms with Crippen molar-refractivity contribution in [2.45, 2.75) is 32.3 Å². The molecule has 1 aromatic carbocycles. The third-order valence-corrected chi connectivity index (χ3v) is 2.29. The summed E-state index contributed by atoms with van der Waals surface area (Å²) >= 11 is 0. The number of aliphatic hydroxyl groups is 1. The van der Waals surface area contributed by atoms with Gasteiger partial charge in [-0.05, 0) is 24.1 Å². The first kappa shape index (κ1) is 12.5. The van der Waals surface area contributed by atoms with Gasteiger partial charge in [0.15, 0.2) is 0 Å². The molecule has 3 nitrogen and oxygen atoms in total. The van der Waals surface area contributed by atoms with E-state index in [1.807, 2.05) is 18.2 Å². The maximum absolute atomic E-state index is 9.64. The lowest BCUT2D eigenvalue weighted by Gasteiger charge is -2.10. The van der Waals surface area contributed by atoms with E-state index in [-0.39, 0.29) is 6.42 Å². The zero-order chi connectivity index (χ0) is 11.8. The van der Waals surface area contributed by atoms with Crippen molar-refractivity contribution in [2.75, 3.05) is 6.61 Å². The smallest absolute Gasteiger partial charge is 0.119 e. The van der Waals surface area contributed by atoms with Crippen molar-refractivity contribution in [3.8, 4) is 11.8 Å². The highest BCUT2D eigenvalue weighted by Crippen LogP contribution is 2.21. The zero-order valence-electron chi connectivity index (χ0n) is 9.52. The highest BCUT2D eigenvalue weighted by Gasteiger charge is 2.07. The van der Waals surface area contributed by atoms with Gasteiger partial charge in [0, 0.05) is 0 Å². The van der Waals surface area contributed by atoms with Crippen LogP contribution in [0.4, 0.5) is 0 Å². The van der Waals surface area contributed by atoms with Crippen LogP contribution in [0.25, 0.3) is 0 Å². The fourth-order valence-corrected chi connectivity index (χ4v) is 1.35. The molecule has 1 N–H and O–H groups in total. The largest absolute Gasteiger partial charge is 0.494 e. The van der Waals surface area contributed by atoms with Crippen LogP contribution in [0, 0.1) is 11.3 Å². The Labute approximate surface area is 96.3 Å². The third-order valence-electron chi connectivity index (χ3n) is 2.29. The van der Waals surface area contributed by atoms with Crippen LogP contribution in [0.2, 0.25) is 0 Å². The molecule has 0 unspecified atom stereocenters. The first-order chi connectivity index (χ1) is 7.77. The summed E-state index contributed by atoms with van der Waals surface area (Å²) < 4.78 is 5.52. The number of hydrogen-bond acceptors (Lipinski definition) is 3. The van der Waals surface area contributed by atoms with Crippen LogP contribution >= 0.6 is 0 Å². The number of rotatable bonds is 6. The molecule has 0 spiro atoms. The van der Waals surface area contributed by atoms with Crippen molar-refractivity contribution in [1.82, 2.24) is 0 Å². The number of aliphatic hydroxyl groups excluding tert-OH is 1. The van der Waals surface area contributed by atoms with Crippen molar-refractivity contribution in [3.63, 3.8) is 0 Å². The number of unbranched alkanes of at least 4 members (excludes halogenated alkanes) is 1. The van der Waals surface area contributed by atoms with Gasteiger partial charge in [-0.2, -0.15) is 5.26 Å². The van der Waals surface area contributed by atoms with Gasteiger partial charge in [0.1, 0.15) is 5.75 Å². The number of nitrogens with zero attached hydrogens (tertiary/aromatic N) is 1. The van der Waals surface area contributed by atoms with Gasteiger partial charge >= 0.3 is 0 Å². The van der Waals surface area contributed by atoms with Gasteiger partial charge < -0.3 is 9.84 Å². The molecule has 0 heterocycles. The van der Waals surface area contributed by atoms with E-state index in [1.165, 1.54) is 0 Å². The quantitative estimate of drug-likeness (QED) is 0.748. The molecule has 3 heteroatoms.